The van der Waals surface area contributed by atoms with Gasteiger partial charge in [0.15, 0.2) is 0 Å². The van der Waals surface area contributed by atoms with E-state index in [2.05, 4.69) is 52.2 Å². The Labute approximate surface area is 130 Å². The largest absolute Gasteiger partial charge is 0.355 e. The summed E-state index contributed by atoms with van der Waals surface area (Å²) in [5, 5.41) is 6.33. The summed E-state index contributed by atoms with van der Waals surface area (Å²) in [6.45, 7) is 16.0. The minimum Gasteiger partial charge on any atom is -0.355 e. The van der Waals surface area contributed by atoms with Crippen molar-refractivity contribution < 1.29 is 4.79 Å². The van der Waals surface area contributed by atoms with Crippen molar-refractivity contribution in [1.29, 1.82) is 0 Å². The molecule has 0 aliphatic carbocycles. The zero-order valence-electron chi connectivity index (χ0n) is 14.3. The van der Waals surface area contributed by atoms with Gasteiger partial charge in [-0.3, -0.25) is 4.79 Å². The van der Waals surface area contributed by atoms with Crippen molar-refractivity contribution in [2.45, 2.75) is 54.4 Å². The first-order valence-electron chi connectivity index (χ1n) is 7.65. The number of amides is 1. The molecule has 0 spiro atoms. The zero-order valence-corrected chi connectivity index (χ0v) is 15.1. The molecule has 1 amide bonds. The van der Waals surface area contributed by atoms with Gasteiger partial charge in [-0.25, -0.2) is 0 Å². The van der Waals surface area contributed by atoms with Gasteiger partial charge in [-0.05, 0) is 29.5 Å². The molecule has 0 fully saturated rings. The fraction of sp³-hybridized carbons (Fsp3) is 0.938. The van der Waals surface area contributed by atoms with Crippen LogP contribution in [0.1, 0.15) is 54.4 Å². The standard InChI is InChI=1S/C16H34N2OS/c1-15(2,3)8-9-17-10-11-18-14(19)7-12-20-13-16(4,5)6/h17H,7-13H2,1-6H3,(H,18,19). The molecule has 0 aromatic heterocycles. The Morgan fingerprint density at radius 2 is 1.60 bits per heavy atom. The number of thioether (sulfide) groups is 1. The second-order valence-electron chi connectivity index (χ2n) is 7.77. The molecule has 0 atom stereocenters. The quantitative estimate of drug-likeness (QED) is 0.642. The van der Waals surface area contributed by atoms with Crippen molar-refractivity contribution in [2.75, 3.05) is 31.1 Å². The van der Waals surface area contributed by atoms with Crippen molar-refractivity contribution in [3.63, 3.8) is 0 Å². The van der Waals surface area contributed by atoms with Crippen LogP contribution in [-0.4, -0.2) is 37.0 Å². The molecule has 0 saturated heterocycles. The monoisotopic (exact) mass is 302 g/mol. The van der Waals surface area contributed by atoms with E-state index in [4.69, 9.17) is 0 Å². The van der Waals surface area contributed by atoms with Gasteiger partial charge in [0.1, 0.15) is 0 Å². The van der Waals surface area contributed by atoms with Crippen molar-refractivity contribution in [2.24, 2.45) is 10.8 Å². The first kappa shape index (κ1) is 19.8. The first-order chi connectivity index (χ1) is 9.10. The molecule has 120 valence electrons. The van der Waals surface area contributed by atoms with Gasteiger partial charge >= 0.3 is 0 Å². The molecule has 0 aliphatic rings. The Balaban J connectivity index is 3.37. The van der Waals surface area contributed by atoms with Gasteiger partial charge in [-0.2, -0.15) is 11.8 Å². The molecule has 0 rings (SSSR count). The van der Waals surface area contributed by atoms with E-state index in [0.717, 1.165) is 37.6 Å². The van der Waals surface area contributed by atoms with Crippen molar-refractivity contribution in [1.82, 2.24) is 10.6 Å². The van der Waals surface area contributed by atoms with Crippen LogP contribution in [0.15, 0.2) is 0 Å². The van der Waals surface area contributed by atoms with Crippen LogP contribution >= 0.6 is 11.8 Å². The van der Waals surface area contributed by atoms with E-state index in [1.807, 2.05) is 11.8 Å². The van der Waals surface area contributed by atoms with Gasteiger partial charge in [-0.1, -0.05) is 41.5 Å². The maximum absolute atomic E-state index is 11.6. The molecule has 0 unspecified atom stereocenters. The number of rotatable bonds is 9. The summed E-state index contributed by atoms with van der Waals surface area (Å²) < 4.78 is 0. The van der Waals surface area contributed by atoms with E-state index in [1.165, 1.54) is 0 Å². The van der Waals surface area contributed by atoms with Crippen LogP contribution in [0.4, 0.5) is 0 Å². The van der Waals surface area contributed by atoms with Crippen LogP contribution in [-0.2, 0) is 4.79 Å². The van der Waals surface area contributed by atoms with Gasteiger partial charge < -0.3 is 10.6 Å². The smallest absolute Gasteiger partial charge is 0.220 e. The Morgan fingerprint density at radius 3 is 2.15 bits per heavy atom. The zero-order chi connectivity index (χ0) is 15.6. The molecule has 0 aromatic rings. The Morgan fingerprint density at radius 1 is 0.950 bits per heavy atom. The third kappa shape index (κ3) is 15.8. The molecule has 0 bridgehead atoms. The molecule has 3 nitrogen and oxygen atoms in total. The average Bonchev–Trinajstić information content (AvgIpc) is 2.26. The summed E-state index contributed by atoms with van der Waals surface area (Å²) in [5.74, 6) is 2.19. The summed E-state index contributed by atoms with van der Waals surface area (Å²) in [5.41, 5.74) is 0.721. The van der Waals surface area contributed by atoms with Crippen LogP contribution in [0.25, 0.3) is 0 Å². The molecule has 20 heavy (non-hydrogen) atoms. The van der Waals surface area contributed by atoms with Crippen LogP contribution in [0.5, 0.6) is 0 Å². The molecule has 4 heteroatoms. The summed E-state index contributed by atoms with van der Waals surface area (Å²) in [4.78, 5) is 11.6. The Kier molecular flexibility index (Phi) is 9.56. The summed E-state index contributed by atoms with van der Waals surface area (Å²) in [6, 6.07) is 0. The molecule has 0 saturated carbocycles. The van der Waals surface area contributed by atoms with E-state index in [0.29, 0.717) is 17.3 Å². The number of hydrogen-bond acceptors (Lipinski definition) is 3. The van der Waals surface area contributed by atoms with Gasteiger partial charge in [0.2, 0.25) is 5.91 Å². The summed E-state index contributed by atoms with van der Waals surface area (Å²) in [7, 11) is 0. The second-order valence-corrected chi connectivity index (χ2v) is 8.88. The Hall–Kier alpha value is -0.220. The minimum absolute atomic E-state index is 0.170. The highest BCUT2D eigenvalue weighted by Crippen LogP contribution is 2.20. The van der Waals surface area contributed by atoms with E-state index < -0.39 is 0 Å². The average molecular weight is 303 g/mol. The molecular formula is C16H34N2OS. The van der Waals surface area contributed by atoms with Crippen molar-refractivity contribution in [3.05, 3.63) is 0 Å². The van der Waals surface area contributed by atoms with Crippen LogP contribution in [0.2, 0.25) is 0 Å². The molecular weight excluding hydrogens is 268 g/mol. The topological polar surface area (TPSA) is 41.1 Å². The van der Waals surface area contributed by atoms with Crippen molar-refractivity contribution >= 4 is 17.7 Å². The van der Waals surface area contributed by atoms with Crippen molar-refractivity contribution in [3.8, 4) is 0 Å². The van der Waals surface area contributed by atoms with E-state index in [1.54, 1.807) is 0 Å². The highest BCUT2D eigenvalue weighted by Gasteiger charge is 2.10. The number of carbonyl (C=O) groups is 1. The third-order valence-electron chi connectivity index (χ3n) is 2.68. The SMILES string of the molecule is CC(C)(C)CCNCCNC(=O)CCSCC(C)(C)C. The lowest BCUT2D eigenvalue weighted by Gasteiger charge is -2.18. The third-order valence-corrected chi connectivity index (χ3v) is 4.25. The molecule has 0 aliphatic heterocycles. The minimum atomic E-state index is 0.170. The lowest BCUT2D eigenvalue weighted by Crippen LogP contribution is -2.33. The Bertz CT molecular complexity index is 267. The van der Waals surface area contributed by atoms with Gasteiger partial charge in [0.25, 0.3) is 0 Å². The molecule has 2 N–H and O–H groups in total. The van der Waals surface area contributed by atoms with E-state index in [9.17, 15) is 4.79 Å². The van der Waals surface area contributed by atoms with Gasteiger partial charge in [0.05, 0.1) is 0 Å². The van der Waals surface area contributed by atoms with Gasteiger partial charge in [-0.15, -0.1) is 0 Å². The lowest BCUT2D eigenvalue weighted by atomic mass is 9.92. The van der Waals surface area contributed by atoms with Crippen LogP contribution < -0.4 is 10.6 Å². The fourth-order valence-electron chi connectivity index (χ4n) is 1.51. The highest BCUT2D eigenvalue weighted by molar-refractivity contribution is 7.99. The highest BCUT2D eigenvalue weighted by atomic mass is 32.2. The lowest BCUT2D eigenvalue weighted by molar-refractivity contribution is -0.120. The maximum atomic E-state index is 11.6. The number of hydrogen-bond donors (Lipinski definition) is 2. The van der Waals surface area contributed by atoms with Crippen LogP contribution in [0.3, 0.4) is 0 Å². The normalized spacial score (nSPS) is 12.5. The molecule has 0 radical (unpaired) electrons. The summed E-state index contributed by atoms with van der Waals surface area (Å²) >= 11 is 1.86. The number of nitrogens with one attached hydrogen (secondary N) is 2. The van der Waals surface area contributed by atoms with E-state index in [-0.39, 0.29) is 5.91 Å². The van der Waals surface area contributed by atoms with E-state index >= 15 is 0 Å². The maximum Gasteiger partial charge on any atom is 0.220 e. The molecule has 0 aromatic carbocycles. The predicted octanol–water partition coefficient (Wildman–Crippen LogP) is 3.30. The van der Waals surface area contributed by atoms with Gasteiger partial charge in [0, 0.05) is 25.3 Å². The summed E-state index contributed by atoms with van der Waals surface area (Å²) in [6.07, 6.45) is 1.78. The fourth-order valence-corrected chi connectivity index (χ4v) is 2.60. The predicted molar refractivity (Wildman–Crippen MR) is 91.3 cm³/mol. The second kappa shape index (κ2) is 9.67. The van der Waals surface area contributed by atoms with Crippen LogP contribution in [0, 0.1) is 10.8 Å². The number of carbonyl (C=O) groups excluding carboxylic acids is 1. The molecule has 0 heterocycles. The first-order valence-corrected chi connectivity index (χ1v) is 8.81.